The minimum atomic E-state index is 0.265. The van der Waals surface area contributed by atoms with E-state index in [0.29, 0.717) is 11.6 Å². The Kier molecular flexibility index (Phi) is 5.56. The number of aromatic hydroxyl groups is 1. The second kappa shape index (κ2) is 7.84. The summed E-state index contributed by atoms with van der Waals surface area (Å²) in [5, 5.41) is 11.0. The summed E-state index contributed by atoms with van der Waals surface area (Å²) in [6, 6.07) is 10.4. The first-order chi connectivity index (χ1) is 11.7. The number of anilines is 1. The van der Waals surface area contributed by atoms with Crippen molar-refractivity contribution in [3.8, 4) is 5.75 Å². The van der Waals surface area contributed by atoms with E-state index in [0.717, 1.165) is 24.3 Å². The van der Waals surface area contributed by atoms with Gasteiger partial charge in [-0.15, -0.1) is 0 Å². The van der Waals surface area contributed by atoms with E-state index in [9.17, 15) is 5.11 Å². The number of pyridine rings is 1. The summed E-state index contributed by atoms with van der Waals surface area (Å²) in [5.41, 5.74) is 0.704. The number of hydrogen-bond donors (Lipinski definition) is 1. The van der Waals surface area contributed by atoms with Crippen molar-refractivity contribution in [2.45, 2.75) is 45.6 Å². The standard InChI is InChI=1S/C20H29N3O/c1-3-12-22(13-4-2)17-10-14-23(15-11-17)19-9-8-16-6-5-7-18(24)20(16)21-19/h5-9,17,24H,3-4,10-15H2,1-2H3. The van der Waals surface area contributed by atoms with Gasteiger partial charge in [-0.3, -0.25) is 0 Å². The van der Waals surface area contributed by atoms with E-state index in [4.69, 9.17) is 4.98 Å². The number of fused-ring (bicyclic) bond motifs is 1. The normalized spacial score (nSPS) is 16.2. The lowest BCUT2D eigenvalue weighted by Gasteiger charge is -2.39. The van der Waals surface area contributed by atoms with Crippen LogP contribution in [0.4, 0.5) is 5.82 Å². The molecule has 4 heteroatoms. The van der Waals surface area contributed by atoms with Gasteiger partial charge >= 0.3 is 0 Å². The van der Waals surface area contributed by atoms with Gasteiger partial charge in [0.25, 0.3) is 0 Å². The molecule has 3 rings (SSSR count). The highest BCUT2D eigenvalue weighted by Crippen LogP contribution is 2.27. The Morgan fingerprint density at radius 1 is 1.08 bits per heavy atom. The van der Waals surface area contributed by atoms with Gasteiger partial charge in [0, 0.05) is 24.5 Å². The maximum Gasteiger partial charge on any atom is 0.141 e. The number of para-hydroxylation sites is 1. The largest absolute Gasteiger partial charge is 0.506 e. The number of aromatic nitrogens is 1. The molecule has 2 heterocycles. The van der Waals surface area contributed by atoms with Crippen molar-refractivity contribution in [3.63, 3.8) is 0 Å². The van der Waals surface area contributed by atoms with Crippen LogP contribution in [0.5, 0.6) is 5.75 Å². The lowest BCUT2D eigenvalue weighted by Crippen LogP contribution is -2.45. The molecule has 1 aromatic carbocycles. The molecule has 0 spiro atoms. The molecule has 1 fully saturated rings. The number of benzene rings is 1. The van der Waals surface area contributed by atoms with Crippen LogP contribution in [0.25, 0.3) is 10.9 Å². The van der Waals surface area contributed by atoms with Crippen molar-refractivity contribution in [3.05, 3.63) is 30.3 Å². The molecule has 0 atom stereocenters. The Bertz CT molecular complexity index is 659. The van der Waals surface area contributed by atoms with Gasteiger partial charge in [-0.2, -0.15) is 0 Å². The fourth-order valence-corrected chi connectivity index (χ4v) is 3.81. The lowest BCUT2D eigenvalue weighted by molar-refractivity contribution is 0.169. The smallest absolute Gasteiger partial charge is 0.141 e. The fraction of sp³-hybridized carbons (Fsp3) is 0.550. The van der Waals surface area contributed by atoms with Crippen LogP contribution < -0.4 is 4.90 Å². The summed E-state index contributed by atoms with van der Waals surface area (Å²) in [7, 11) is 0. The van der Waals surface area contributed by atoms with Crippen molar-refractivity contribution in [1.29, 1.82) is 0 Å². The van der Waals surface area contributed by atoms with E-state index >= 15 is 0 Å². The zero-order valence-corrected chi connectivity index (χ0v) is 14.9. The third-order valence-corrected chi connectivity index (χ3v) is 5.01. The van der Waals surface area contributed by atoms with Crippen molar-refractivity contribution in [2.75, 3.05) is 31.1 Å². The van der Waals surface area contributed by atoms with Crippen LogP contribution in [0.1, 0.15) is 39.5 Å². The molecule has 0 bridgehead atoms. The number of hydrogen-bond acceptors (Lipinski definition) is 4. The van der Waals surface area contributed by atoms with Gasteiger partial charge in [0.05, 0.1) is 0 Å². The molecule has 1 aliphatic heterocycles. The predicted molar refractivity (Wildman–Crippen MR) is 101 cm³/mol. The molecule has 1 aliphatic rings. The Balaban J connectivity index is 1.69. The van der Waals surface area contributed by atoms with E-state index in [1.807, 2.05) is 12.1 Å². The second-order valence-corrected chi connectivity index (χ2v) is 6.77. The molecule has 0 unspecified atom stereocenters. The molecule has 4 nitrogen and oxygen atoms in total. The van der Waals surface area contributed by atoms with E-state index in [2.05, 4.69) is 35.8 Å². The summed E-state index contributed by atoms with van der Waals surface area (Å²) in [4.78, 5) is 9.73. The van der Waals surface area contributed by atoms with Crippen LogP contribution in [0.3, 0.4) is 0 Å². The van der Waals surface area contributed by atoms with E-state index in [-0.39, 0.29) is 5.75 Å². The van der Waals surface area contributed by atoms with Gasteiger partial charge in [0.15, 0.2) is 0 Å². The molecule has 130 valence electrons. The predicted octanol–water partition coefficient (Wildman–Crippen LogP) is 4.03. The van der Waals surface area contributed by atoms with Crippen molar-refractivity contribution < 1.29 is 5.11 Å². The number of nitrogens with zero attached hydrogens (tertiary/aromatic N) is 3. The molecule has 0 radical (unpaired) electrons. The first kappa shape index (κ1) is 17.0. The van der Waals surface area contributed by atoms with Crippen LogP contribution in [0.2, 0.25) is 0 Å². The Labute approximate surface area is 145 Å². The summed E-state index contributed by atoms with van der Waals surface area (Å²) >= 11 is 0. The molecule has 1 aromatic heterocycles. The lowest BCUT2D eigenvalue weighted by atomic mass is 10.0. The second-order valence-electron chi connectivity index (χ2n) is 6.77. The molecule has 24 heavy (non-hydrogen) atoms. The SMILES string of the molecule is CCCN(CCC)C1CCN(c2ccc3cccc(O)c3n2)CC1. The minimum absolute atomic E-state index is 0.265. The van der Waals surface area contributed by atoms with E-state index in [1.165, 1.54) is 38.8 Å². The molecule has 1 N–H and O–H groups in total. The highest BCUT2D eigenvalue weighted by atomic mass is 16.3. The van der Waals surface area contributed by atoms with Crippen molar-refractivity contribution in [1.82, 2.24) is 9.88 Å². The van der Waals surface area contributed by atoms with Crippen LogP contribution in [0.15, 0.2) is 30.3 Å². The van der Waals surface area contributed by atoms with Crippen LogP contribution in [0, 0.1) is 0 Å². The van der Waals surface area contributed by atoms with Gasteiger partial charge in [0.2, 0.25) is 0 Å². The zero-order valence-electron chi connectivity index (χ0n) is 14.9. The van der Waals surface area contributed by atoms with Crippen LogP contribution >= 0.6 is 0 Å². The fourth-order valence-electron chi connectivity index (χ4n) is 3.81. The van der Waals surface area contributed by atoms with Gasteiger partial charge in [0.1, 0.15) is 17.1 Å². The van der Waals surface area contributed by atoms with Crippen LogP contribution in [-0.4, -0.2) is 47.2 Å². The average Bonchev–Trinajstić information content (AvgIpc) is 2.62. The molecule has 0 aliphatic carbocycles. The van der Waals surface area contributed by atoms with Gasteiger partial charge in [-0.1, -0.05) is 26.0 Å². The van der Waals surface area contributed by atoms with Gasteiger partial charge in [-0.25, -0.2) is 4.98 Å². The van der Waals surface area contributed by atoms with Gasteiger partial charge in [-0.05, 0) is 57.0 Å². The number of rotatable bonds is 6. The Morgan fingerprint density at radius 2 is 1.79 bits per heavy atom. The summed E-state index contributed by atoms with van der Waals surface area (Å²) in [6.07, 6.45) is 4.85. The maximum atomic E-state index is 10.0. The molecule has 0 saturated carbocycles. The van der Waals surface area contributed by atoms with E-state index < -0.39 is 0 Å². The zero-order chi connectivity index (χ0) is 16.9. The third kappa shape index (κ3) is 3.64. The first-order valence-electron chi connectivity index (χ1n) is 9.30. The first-order valence-corrected chi connectivity index (χ1v) is 9.30. The summed E-state index contributed by atoms with van der Waals surface area (Å²) < 4.78 is 0. The topological polar surface area (TPSA) is 39.6 Å². The van der Waals surface area contributed by atoms with Crippen molar-refractivity contribution >= 4 is 16.7 Å². The monoisotopic (exact) mass is 327 g/mol. The highest BCUT2D eigenvalue weighted by Gasteiger charge is 2.24. The highest BCUT2D eigenvalue weighted by molar-refractivity contribution is 5.85. The number of phenolic OH excluding ortho intramolecular Hbond substituents is 1. The van der Waals surface area contributed by atoms with Crippen molar-refractivity contribution in [2.24, 2.45) is 0 Å². The van der Waals surface area contributed by atoms with Crippen LogP contribution in [-0.2, 0) is 0 Å². The van der Waals surface area contributed by atoms with E-state index in [1.54, 1.807) is 6.07 Å². The summed E-state index contributed by atoms with van der Waals surface area (Å²) in [6.45, 7) is 9.04. The molecule has 2 aromatic rings. The number of piperidine rings is 1. The maximum absolute atomic E-state index is 10.0. The molecular formula is C20H29N3O. The quantitative estimate of drug-likeness (QED) is 0.869. The van der Waals surface area contributed by atoms with Gasteiger partial charge < -0.3 is 14.9 Å². The Hall–Kier alpha value is -1.81. The minimum Gasteiger partial charge on any atom is -0.506 e. The Morgan fingerprint density at radius 3 is 2.46 bits per heavy atom. The summed E-state index contributed by atoms with van der Waals surface area (Å²) in [5.74, 6) is 1.25. The molecular weight excluding hydrogens is 298 g/mol. The third-order valence-electron chi connectivity index (χ3n) is 5.01. The average molecular weight is 327 g/mol. The molecule has 0 amide bonds. The number of phenols is 1. The molecule has 1 saturated heterocycles.